The Hall–Kier alpha value is -1.94. The summed E-state index contributed by atoms with van der Waals surface area (Å²) < 4.78 is 25.0. The van der Waals surface area contributed by atoms with Crippen LogP contribution in [0.4, 0.5) is 8.78 Å². The number of halogens is 2. The topological polar surface area (TPSA) is 32.3 Å². The Labute approximate surface area is 136 Å². The molecular formula is C19H23F2NO. The lowest BCUT2D eigenvalue weighted by Crippen LogP contribution is -2.29. The van der Waals surface area contributed by atoms with E-state index in [2.05, 4.69) is 12.2 Å². The fraction of sp³-hybridized carbons (Fsp3) is 0.368. The Bertz CT molecular complexity index is 581. The number of aryl methyl sites for hydroxylation is 1. The predicted molar refractivity (Wildman–Crippen MR) is 89.0 cm³/mol. The molecule has 0 saturated heterocycles. The summed E-state index contributed by atoms with van der Waals surface area (Å²) in [6, 6.07) is 14.1. The number of rotatable bonds is 8. The number of alkyl halides is 2. The third-order valence-corrected chi connectivity index (χ3v) is 3.84. The molecule has 0 aromatic heterocycles. The summed E-state index contributed by atoms with van der Waals surface area (Å²) in [7, 11) is 0. The Morgan fingerprint density at radius 1 is 0.957 bits per heavy atom. The predicted octanol–water partition coefficient (Wildman–Crippen LogP) is 4.48. The lowest BCUT2D eigenvalue weighted by atomic mass is 10.0. The van der Waals surface area contributed by atoms with Crippen LogP contribution in [-0.4, -0.2) is 17.7 Å². The Morgan fingerprint density at radius 2 is 1.57 bits per heavy atom. The van der Waals surface area contributed by atoms with Gasteiger partial charge in [0.1, 0.15) is 5.75 Å². The zero-order valence-electron chi connectivity index (χ0n) is 13.3. The van der Waals surface area contributed by atoms with Gasteiger partial charge in [0.05, 0.1) is 0 Å². The molecule has 2 aromatic rings. The molecule has 2 rings (SSSR count). The van der Waals surface area contributed by atoms with Gasteiger partial charge in [-0.1, -0.05) is 36.4 Å². The summed E-state index contributed by atoms with van der Waals surface area (Å²) in [6.45, 7) is 3.00. The SMILES string of the molecule is CC(Cc1ccc(C(F)F)cc1)NCCCc1ccc(O)cc1. The van der Waals surface area contributed by atoms with Crippen LogP contribution in [0.2, 0.25) is 0 Å². The number of nitrogens with one attached hydrogen (secondary N) is 1. The van der Waals surface area contributed by atoms with Gasteiger partial charge in [0.25, 0.3) is 6.43 Å². The van der Waals surface area contributed by atoms with Crippen molar-refractivity contribution in [3.05, 3.63) is 65.2 Å². The highest BCUT2D eigenvalue weighted by Crippen LogP contribution is 2.19. The summed E-state index contributed by atoms with van der Waals surface area (Å²) in [5.41, 5.74) is 2.34. The largest absolute Gasteiger partial charge is 0.508 e. The first-order valence-electron chi connectivity index (χ1n) is 7.93. The van der Waals surface area contributed by atoms with Crippen molar-refractivity contribution < 1.29 is 13.9 Å². The molecule has 1 unspecified atom stereocenters. The van der Waals surface area contributed by atoms with E-state index >= 15 is 0 Å². The van der Waals surface area contributed by atoms with Gasteiger partial charge in [0.2, 0.25) is 0 Å². The smallest absolute Gasteiger partial charge is 0.263 e. The van der Waals surface area contributed by atoms with Crippen molar-refractivity contribution in [2.24, 2.45) is 0 Å². The molecule has 2 aromatic carbocycles. The molecule has 0 bridgehead atoms. The van der Waals surface area contributed by atoms with Gasteiger partial charge >= 0.3 is 0 Å². The molecule has 0 aliphatic heterocycles. The minimum absolute atomic E-state index is 0.0725. The second kappa shape index (κ2) is 8.63. The molecule has 0 saturated carbocycles. The highest BCUT2D eigenvalue weighted by molar-refractivity contribution is 5.26. The number of hydrogen-bond donors (Lipinski definition) is 2. The van der Waals surface area contributed by atoms with E-state index < -0.39 is 6.43 Å². The monoisotopic (exact) mass is 319 g/mol. The van der Waals surface area contributed by atoms with Crippen LogP contribution in [-0.2, 0) is 12.8 Å². The number of phenolic OH excluding ortho intramolecular Hbond substituents is 1. The quantitative estimate of drug-likeness (QED) is 0.703. The van der Waals surface area contributed by atoms with E-state index in [1.165, 1.54) is 17.7 Å². The Balaban J connectivity index is 1.68. The van der Waals surface area contributed by atoms with E-state index in [4.69, 9.17) is 0 Å². The fourth-order valence-electron chi connectivity index (χ4n) is 2.53. The Morgan fingerprint density at radius 3 is 2.17 bits per heavy atom. The first-order valence-corrected chi connectivity index (χ1v) is 7.93. The van der Waals surface area contributed by atoms with Gasteiger partial charge in [0.15, 0.2) is 0 Å². The van der Waals surface area contributed by atoms with E-state index in [1.54, 1.807) is 24.3 Å². The molecule has 0 fully saturated rings. The lowest BCUT2D eigenvalue weighted by Gasteiger charge is -2.14. The van der Waals surface area contributed by atoms with Crippen LogP contribution in [0.25, 0.3) is 0 Å². The molecule has 2 nitrogen and oxygen atoms in total. The Kier molecular flexibility index (Phi) is 6.53. The zero-order chi connectivity index (χ0) is 16.7. The third kappa shape index (κ3) is 5.99. The molecule has 4 heteroatoms. The normalized spacial score (nSPS) is 12.5. The van der Waals surface area contributed by atoms with Crippen molar-refractivity contribution in [3.8, 4) is 5.75 Å². The molecule has 0 aliphatic rings. The molecule has 0 amide bonds. The van der Waals surface area contributed by atoms with E-state index in [0.717, 1.165) is 31.4 Å². The van der Waals surface area contributed by atoms with Crippen molar-refractivity contribution in [2.45, 2.75) is 38.7 Å². The maximum atomic E-state index is 12.5. The maximum absolute atomic E-state index is 12.5. The molecule has 0 radical (unpaired) electrons. The van der Waals surface area contributed by atoms with Crippen LogP contribution in [0, 0.1) is 0 Å². The van der Waals surface area contributed by atoms with Crippen LogP contribution in [0.5, 0.6) is 5.75 Å². The van der Waals surface area contributed by atoms with Crippen LogP contribution < -0.4 is 5.32 Å². The minimum atomic E-state index is -2.40. The van der Waals surface area contributed by atoms with Crippen LogP contribution in [0.1, 0.15) is 36.5 Å². The second-order valence-electron chi connectivity index (χ2n) is 5.87. The molecule has 0 aliphatic carbocycles. The number of phenols is 1. The van der Waals surface area contributed by atoms with Gasteiger partial charge in [-0.15, -0.1) is 0 Å². The highest BCUT2D eigenvalue weighted by Gasteiger charge is 2.07. The van der Waals surface area contributed by atoms with Crippen LogP contribution in [0.15, 0.2) is 48.5 Å². The second-order valence-corrected chi connectivity index (χ2v) is 5.87. The van der Waals surface area contributed by atoms with E-state index in [0.29, 0.717) is 11.8 Å². The summed E-state index contributed by atoms with van der Waals surface area (Å²) in [5.74, 6) is 0.290. The van der Waals surface area contributed by atoms with E-state index in [-0.39, 0.29) is 5.56 Å². The molecule has 23 heavy (non-hydrogen) atoms. The number of aromatic hydroxyl groups is 1. The lowest BCUT2D eigenvalue weighted by molar-refractivity contribution is 0.151. The van der Waals surface area contributed by atoms with Gasteiger partial charge in [0, 0.05) is 11.6 Å². The first-order chi connectivity index (χ1) is 11.0. The summed E-state index contributed by atoms with van der Waals surface area (Å²) >= 11 is 0. The maximum Gasteiger partial charge on any atom is 0.263 e. The summed E-state index contributed by atoms with van der Waals surface area (Å²) in [5, 5.41) is 12.7. The van der Waals surface area contributed by atoms with Crippen LogP contribution in [0.3, 0.4) is 0 Å². The van der Waals surface area contributed by atoms with E-state index in [1.807, 2.05) is 12.1 Å². The molecular weight excluding hydrogens is 296 g/mol. The highest BCUT2D eigenvalue weighted by atomic mass is 19.3. The molecule has 1 atom stereocenters. The number of hydrogen-bond acceptors (Lipinski definition) is 2. The summed E-state index contributed by atoms with van der Waals surface area (Å²) in [4.78, 5) is 0. The number of benzene rings is 2. The van der Waals surface area contributed by atoms with Crippen molar-refractivity contribution in [3.63, 3.8) is 0 Å². The average Bonchev–Trinajstić information content (AvgIpc) is 2.54. The third-order valence-electron chi connectivity index (χ3n) is 3.84. The zero-order valence-corrected chi connectivity index (χ0v) is 13.3. The van der Waals surface area contributed by atoms with Crippen molar-refractivity contribution in [1.29, 1.82) is 0 Å². The van der Waals surface area contributed by atoms with Crippen molar-refractivity contribution in [1.82, 2.24) is 5.32 Å². The van der Waals surface area contributed by atoms with Gasteiger partial charge in [-0.25, -0.2) is 8.78 Å². The van der Waals surface area contributed by atoms with Crippen LogP contribution >= 0.6 is 0 Å². The minimum Gasteiger partial charge on any atom is -0.508 e. The van der Waals surface area contributed by atoms with Gasteiger partial charge < -0.3 is 10.4 Å². The fourth-order valence-corrected chi connectivity index (χ4v) is 2.53. The first kappa shape index (κ1) is 17.4. The van der Waals surface area contributed by atoms with Crippen molar-refractivity contribution in [2.75, 3.05) is 6.54 Å². The standard InChI is InChI=1S/C19H23F2NO/c1-14(13-16-4-8-17(9-5-16)19(20)21)22-12-2-3-15-6-10-18(23)11-7-15/h4-11,14,19,22-23H,2-3,12-13H2,1H3. The van der Waals surface area contributed by atoms with E-state index in [9.17, 15) is 13.9 Å². The molecule has 0 spiro atoms. The summed E-state index contributed by atoms with van der Waals surface area (Å²) in [6.07, 6.45) is 0.394. The van der Waals surface area contributed by atoms with Crippen molar-refractivity contribution >= 4 is 0 Å². The molecule has 2 N–H and O–H groups in total. The van der Waals surface area contributed by atoms with Gasteiger partial charge in [-0.3, -0.25) is 0 Å². The van der Waals surface area contributed by atoms with Gasteiger partial charge in [-0.2, -0.15) is 0 Å². The molecule has 124 valence electrons. The average molecular weight is 319 g/mol. The van der Waals surface area contributed by atoms with Gasteiger partial charge in [-0.05, 0) is 56.0 Å². The molecule has 0 heterocycles.